The van der Waals surface area contributed by atoms with E-state index in [1.165, 1.54) is 11.3 Å². The number of carbonyl (C=O) groups excluding carboxylic acids is 3. The van der Waals surface area contributed by atoms with Crippen LogP contribution in [0.5, 0.6) is 0 Å². The first-order valence-electron chi connectivity index (χ1n) is 15.7. The second-order valence-electron chi connectivity index (χ2n) is 11.1. The Kier molecular flexibility index (Phi) is 15.3. The standard InChI is InChI=1S/C28H35N12O10PS4/c1-3-50-37-18(20-36-27(55-39-20)38-51(47,48)49)21(41)34-19(22(42)32-14(24(43)44)5-4-8-31-26(29)30)23-35-17(25(45)46)16(12-52-23)54-28-33-15(11-53-28)13-6-9-40(2)10-7-13/h6-7,9-11,14,19,23,35H,3-5,8,12H2,1-2H3,(H10-,29,30,31,32,34,36,38,39,41,42,43,44,45,46,47,48,49)/b37-18-/t14-,19+,23+/m0/s1. The molecule has 11 N–H and O–H groups in total. The number of aliphatic imine (C=N–C) groups is 1. The maximum atomic E-state index is 13.9. The van der Waals surface area contributed by atoms with Crippen molar-refractivity contribution in [3.05, 3.63) is 46.3 Å². The fourth-order valence-electron chi connectivity index (χ4n) is 4.46. The summed E-state index contributed by atoms with van der Waals surface area (Å²) in [6.07, 6.45) is 3.74. The number of rotatable bonds is 19. The zero-order valence-corrected chi connectivity index (χ0v) is 32.9. The number of aromatic nitrogens is 4. The smallest absolute Gasteiger partial charge is 0.429 e. The first kappa shape index (κ1) is 42.9. The van der Waals surface area contributed by atoms with Crippen molar-refractivity contribution in [2.24, 2.45) is 28.7 Å². The Balaban J connectivity index is 1.64. The fourth-order valence-corrected chi connectivity index (χ4v) is 9.00. The Morgan fingerprint density at radius 1 is 1.22 bits per heavy atom. The van der Waals surface area contributed by atoms with Gasteiger partial charge in [-0.2, -0.15) is 9.36 Å². The summed E-state index contributed by atoms with van der Waals surface area (Å²) in [5.74, 6) is -5.87. The van der Waals surface area contributed by atoms with Gasteiger partial charge in [0.1, 0.15) is 31.1 Å². The van der Waals surface area contributed by atoms with Crippen LogP contribution in [-0.2, 0) is 35.6 Å². The molecular formula is C28H35N12O10PS4. The molecule has 0 saturated heterocycles. The third-order valence-electron chi connectivity index (χ3n) is 6.94. The van der Waals surface area contributed by atoms with Crippen LogP contribution in [0.3, 0.4) is 0 Å². The highest BCUT2D eigenvalue weighted by Crippen LogP contribution is 2.39. The number of hydrogen-bond donors (Lipinski definition) is 9. The summed E-state index contributed by atoms with van der Waals surface area (Å²) in [6, 6.07) is 0.579. The van der Waals surface area contributed by atoms with E-state index in [0.29, 0.717) is 26.5 Å². The molecule has 0 aromatic carbocycles. The van der Waals surface area contributed by atoms with E-state index >= 15 is 0 Å². The lowest BCUT2D eigenvalue weighted by atomic mass is 10.1. The Morgan fingerprint density at radius 3 is 2.58 bits per heavy atom. The average molecular weight is 859 g/mol. The number of carboxylic acid groups (broad SMARTS) is 2. The predicted octanol–water partition coefficient (Wildman–Crippen LogP) is -1.74. The van der Waals surface area contributed by atoms with Gasteiger partial charge in [0.15, 0.2) is 22.7 Å². The Morgan fingerprint density at radius 2 is 1.95 bits per heavy atom. The Labute approximate surface area is 328 Å². The van der Waals surface area contributed by atoms with Crippen LogP contribution in [0.4, 0.5) is 5.13 Å². The SMILES string of the molecule is CCO/N=C(\C(=O)N[C@H](C(=O)N[C@@H](CCCN=C(N)N)C(=O)O)[C@@H]1NC(C(=O)[O-])=C(Sc2nc(-c3cc[n+](C)cc3)cs2)CS1)c1nsc(NP(=O)(O)O)n1. The largest absolute Gasteiger partial charge is 0.543 e. The van der Waals surface area contributed by atoms with Crippen molar-refractivity contribution in [3.8, 4) is 11.3 Å². The van der Waals surface area contributed by atoms with Crippen molar-refractivity contribution >= 4 is 94.7 Å². The van der Waals surface area contributed by atoms with Gasteiger partial charge < -0.3 is 57.0 Å². The minimum absolute atomic E-state index is 0.00675. The summed E-state index contributed by atoms with van der Waals surface area (Å²) in [5.41, 5.74) is 11.2. The van der Waals surface area contributed by atoms with Gasteiger partial charge >= 0.3 is 13.7 Å². The normalized spacial score (nSPS) is 15.6. The van der Waals surface area contributed by atoms with Crippen LogP contribution in [-0.4, -0.2) is 101 Å². The highest BCUT2D eigenvalue weighted by atomic mass is 32.2. The molecule has 1 aliphatic heterocycles. The molecule has 0 fully saturated rings. The number of hydrogen-bond acceptors (Lipinski definition) is 17. The summed E-state index contributed by atoms with van der Waals surface area (Å²) in [5, 5.41) is 35.6. The number of amides is 2. The van der Waals surface area contributed by atoms with Crippen LogP contribution in [0.2, 0.25) is 0 Å². The molecule has 55 heavy (non-hydrogen) atoms. The van der Waals surface area contributed by atoms with Gasteiger partial charge in [-0.25, -0.2) is 18.9 Å². The van der Waals surface area contributed by atoms with Gasteiger partial charge in [0.05, 0.1) is 17.4 Å². The fraction of sp³-hybridized carbons (Fsp3) is 0.357. The molecule has 1 aliphatic rings. The summed E-state index contributed by atoms with van der Waals surface area (Å²) in [7, 11) is -2.93. The van der Waals surface area contributed by atoms with Crippen molar-refractivity contribution < 1.29 is 53.1 Å². The molecule has 2 amide bonds. The summed E-state index contributed by atoms with van der Waals surface area (Å²) in [4.78, 5) is 88.4. The summed E-state index contributed by atoms with van der Waals surface area (Å²) in [6.45, 7) is 1.57. The Hall–Kier alpha value is -4.85. The number of aliphatic carboxylic acids is 2. The van der Waals surface area contributed by atoms with Gasteiger partial charge in [-0.05, 0) is 19.8 Å². The molecule has 296 valence electrons. The van der Waals surface area contributed by atoms with E-state index in [-0.39, 0.29) is 42.8 Å². The number of oxime groups is 1. The molecular weight excluding hydrogens is 824 g/mol. The molecule has 0 bridgehead atoms. The second-order valence-corrected chi connectivity index (χ2v) is 16.4. The van der Waals surface area contributed by atoms with Gasteiger partial charge in [0, 0.05) is 51.8 Å². The van der Waals surface area contributed by atoms with Crippen LogP contribution < -0.4 is 42.2 Å². The molecule has 3 aromatic rings. The van der Waals surface area contributed by atoms with E-state index in [1.807, 2.05) is 46.6 Å². The lowest BCUT2D eigenvalue weighted by Gasteiger charge is -2.34. The third-order valence-corrected chi connectivity index (χ3v) is 11.6. The van der Waals surface area contributed by atoms with E-state index in [9.17, 15) is 43.7 Å². The maximum Gasteiger partial charge on any atom is 0.429 e. The van der Waals surface area contributed by atoms with Gasteiger partial charge in [-0.15, -0.1) is 23.1 Å². The molecule has 4 rings (SSSR count). The topological polar surface area (TPSA) is 346 Å². The first-order valence-corrected chi connectivity index (χ1v) is 20.9. The number of thiazole rings is 1. The molecule has 4 heterocycles. The molecule has 0 unspecified atom stereocenters. The van der Waals surface area contributed by atoms with Crippen LogP contribution in [0.15, 0.2) is 55.0 Å². The van der Waals surface area contributed by atoms with Gasteiger partial charge in [-0.3, -0.25) is 19.7 Å². The van der Waals surface area contributed by atoms with Crippen molar-refractivity contribution in [2.75, 3.05) is 24.0 Å². The number of nitrogens with two attached hydrogens (primary N) is 2. The molecule has 0 spiro atoms. The molecule has 0 radical (unpaired) electrons. The minimum Gasteiger partial charge on any atom is -0.543 e. The van der Waals surface area contributed by atoms with Gasteiger partial charge in [-0.1, -0.05) is 16.9 Å². The van der Waals surface area contributed by atoms with Gasteiger partial charge in [0.2, 0.25) is 22.6 Å². The number of aryl methyl sites for hydroxylation is 1. The zero-order chi connectivity index (χ0) is 40.3. The van der Waals surface area contributed by atoms with Crippen LogP contribution in [0, 0.1) is 0 Å². The quantitative estimate of drug-likeness (QED) is 0.0161. The van der Waals surface area contributed by atoms with Gasteiger partial charge in [0.25, 0.3) is 5.91 Å². The van der Waals surface area contributed by atoms with Crippen molar-refractivity contribution in [3.63, 3.8) is 0 Å². The number of anilines is 1. The number of nitrogens with one attached hydrogen (secondary N) is 4. The highest BCUT2D eigenvalue weighted by molar-refractivity contribution is 8.07. The van der Waals surface area contributed by atoms with E-state index in [4.69, 9.17) is 16.3 Å². The minimum atomic E-state index is -4.81. The molecule has 22 nitrogen and oxygen atoms in total. The highest BCUT2D eigenvalue weighted by Gasteiger charge is 2.38. The Bertz CT molecular complexity index is 2020. The number of pyridine rings is 1. The second kappa shape index (κ2) is 19.7. The van der Waals surface area contributed by atoms with Crippen LogP contribution in [0.25, 0.3) is 11.3 Å². The monoisotopic (exact) mass is 858 g/mol. The maximum absolute atomic E-state index is 13.9. The average Bonchev–Trinajstić information content (AvgIpc) is 3.77. The van der Waals surface area contributed by atoms with Crippen molar-refractivity contribution in [1.82, 2.24) is 30.3 Å². The predicted molar refractivity (Wildman–Crippen MR) is 201 cm³/mol. The summed E-state index contributed by atoms with van der Waals surface area (Å²) < 4.78 is 17.7. The number of carboxylic acids is 2. The molecule has 0 saturated carbocycles. The zero-order valence-electron chi connectivity index (χ0n) is 28.8. The van der Waals surface area contributed by atoms with Crippen molar-refractivity contribution in [1.29, 1.82) is 0 Å². The number of guanidine groups is 1. The van der Waals surface area contributed by atoms with Crippen LogP contribution >= 0.6 is 54.1 Å². The first-order chi connectivity index (χ1) is 26.0. The van der Waals surface area contributed by atoms with E-state index in [1.54, 1.807) is 6.92 Å². The molecule has 3 atom stereocenters. The van der Waals surface area contributed by atoms with E-state index in [0.717, 1.165) is 29.1 Å². The van der Waals surface area contributed by atoms with E-state index < -0.39 is 66.2 Å². The van der Waals surface area contributed by atoms with Crippen molar-refractivity contribution in [2.45, 2.75) is 41.6 Å². The number of nitrogens with zero attached hydrogens (tertiary/aromatic N) is 6. The van der Waals surface area contributed by atoms with E-state index in [2.05, 4.69) is 40.4 Å². The molecule has 27 heteroatoms. The molecule has 3 aromatic heterocycles. The number of thioether (sulfide) groups is 2. The summed E-state index contributed by atoms with van der Waals surface area (Å²) >= 11 is 3.86. The molecule has 0 aliphatic carbocycles. The van der Waals surface area contributed by atoms with Crippen LogP contribution in [0.1, 0.15) is 25.6 Å². The lowest BCUT2D eigenvalue weighted by molar-refractivity contribution is -0.671. The third kappa shape index (κ3) is 12.9. The lowest BCUT2D eigenvalue weighted by Crippen LogP contribution is -2.61. The number of carbonyl (C=O) groups is 4.